The van der Waals surface area contributed by atoms with Crippen LogP contribution >= 0.6 is 0 Å². The van der Waals surface area contributed by atoms with Crippen molar-refractivity contribution in [2.24, 2.45) is 0 Å². The summed E-state index contributed by atoms with van der Waals surface area (Å²) < 4.78 is 1.74. The Hall–Kier alpha value is -3.16. The summed E-state index contributed by atoms with van der Waals surface area (Å²) in [7, 11) is 0. The fraction of sp³-hybridized carbons (Fsp3) is 0.0769. The van der Waals surface area contributed by atoms with Crippen molar-refractivity contribution in [3.05, 3.63) is 69.1 Å². The molecule has 21 heavy (non-hydrogen) atoms. The van der Waals surface area contributed by atoms with Gasteiger partial charge in [-0.2, -0.15) is 5.10 Å². The number of anilines is 1. The van der Waals surface area contributed by atoms with E-state index in [1.807, 2.05) is 36.5 Å². The highest BCUT2D eigenvalue weighted by Crippen LogP contribution is 2.14. The Morgan fingerprint density at radius 2 is 2.05 bits per heavy atom. The molecule has 8 heteroatoms. The number of benzene rings is 1. The SMILES string of the molecule is O=c1[nH]nc(NCc2ccccc2-n2cccn2)c(=O)[nH]1. The summed E-state index contributed by atoms with van der Waals surface area (Å²) in [5.74, 6) is 0.0601. The molecule has 3 rings (SSSR count). The lowest BCUT2D eigenvalue weighted by Crippen LogP contribution is -2.26. The molecule has 0 aliphatic heterocycles. The van der Waals surface area contributed by atoms with E-state index in [-0.39, 0.29) is 5.82 Å². The molecule has 0 fully saturated rings. The molecular weight excluding hydrogens is 272 g/mol. The molecule has 3 N–H and O–H groups in total. The number of H-pyrrole nitrogens is 2. The second kappa shape index (κ2) is 5.45. The van der Waals surface area contributed by atoms with Crippen molar-refractivity contribution in [1.82, 2.24) is 25.0 Å². The van der Waals surface area contributed by atoms with E-state index < -0.39 is 11.2 Å². The van der Waals surface area contributed by atoms with Crippen LogP contribution in [0.3, 0.4) is 0 Å². The fourth-order valence-electron chi connectivity index (χ4n) is 1.94. The summed E-state index contributed by atoms with van der Waals surface area (Å²) in [6.07, 6.45) is 3.53. The lowest BCUT2D eigenvalue weighted by atomic mass is 10.2. The summed E-state index contributed by atoms with van der Waals surface area (Å²) in [5.41, 5.74) is 0.641. The summed E-state index contributed by atoms with van der Waals surface area (Å²) in [6.45, 7) is 0.373. The van der Waals surface area contributed by atoms with Crippen molar-refractivity contribution in [3.63, 3.8) is 0 Å². The van der Waals surface area contributed by atoms with Crippen molar-refractivity contribution in [2.75, 3.05) is 5.32 Å². The van der Waals surface area contributed by atoms with Crippen molar-refractivity contribution in [3.8, 4) is 5.69 Å². The topological polar surface area (TPSA) is 108 Å². The summed E-state index contributed by atoms with van der Waals surface area (Å²) in [6, 6.07) is 9.48. The Labute approximate surface area is 118 Å². The molecule has 0 unspecified atom stereocenters. The van der Waals surface area contributed by atoms with Gasteiger partial charge in [-0.1, -0.05) is 18.2 Å². The molecule has 0 aliphatic carbocycles. The molecule has 2 aromatic heterocycles. The first-order chi connectivity index (χ1) is 10.2. The minimum Gasteiger partial charge on any atom is -0.360 e. The van der Waals surface area contributed by atoms with Crippen LogP contribution in [0.2, 0.25) is 0 Å². The largest absolute Gasteiger partial charge is 0.360 e. The Balaban J connectivity index is 1.86. The van der Waals surface area contributed by atoms with Gasteiger partial charge in [0.2, 0.25) is 5.82 Å². The first-order valence-electron chi connectivity index (χ1n) is 6.25. The molecule has 0 atom stereocenters. The van der Waals surface area contributed by atoms with Gasteiger partial charge in [0.05, 0.1) is 5.69 Å². The molecule has 2 heterocycles. The number of rotatable bonds is 4. The zero-order valence-corrected chi connectivity index (χ0v) is 10.9. The van der Waals surface area contributed by atoms with E-state index in [4.69, 9.17) is 0 Å². The quantitative estimate of drug-likeness (QED) is 0.636. The smallest absolute Gasteiger partial charge is 0.342 e. The third kappa shape index (κ3) is 2.73. The Morgan fingerprint density at radius 3 is 2.81 bits per heavy atom. The van der Waals surface area contributed by atoms with E-state index in [1.165, 1.54) is 0 Å². The Bertz CT molecular complexity index is 849. The number of nitrogens with zero attached hydrogens (tertiary/aromatic N) is 3. The van der Waals surface area contributed by atoms with Crippen molar-refractivity contribution >= 4 is 5.82 Å². The number of aromatic amines is 2. The van der Waals surface area contributed by atoms with E-state index >= 15 is 0 Å². The van der Waals surface area contributed by atoms with Crippen LogP contribution in [0.25, 0.3) is 5.69 Å². The minimum absolute atomic E-state index is 0.0601. The van der Waals surface area contributed by atoms with Gasteiger partial charge in [-0.05, 0) is 17.7 Å². The molecule has 0 saturated heterocycles. The standard InChI is InChI=1S/C13H12N6O2/c20-12-11(17-18-13(21)16-12)14-8-9-4-1-2-5-10(9)19-7-3-6-15-19/h1-7H,8H2,(H,14,17)(H2,16,18,20,21). The monoisotopic (exact) mass is 284 g/mol. The molecule has 0 saturated carbocycles. The molecule has 8 nitrogen and oxygen atoms in total. The highest BCUT2D eigenvalue weighted by Gasteiger charge is 2.06. The summed E-state index contributed by atoms with van der Waals surface area (Å²) in [4.78, 5) is 24.6. The van der Waals surface area contributed by atoms with Crippen LogP contribution in [-0.2, 0) is 6.54 Å². The van der Waals surface area contributed by atoms with Gasteiger partial charge in [0.15, 0.2) is 0 Å². The second-order valence-corrected chi connectivity index (χ2v) is 4.29. The lowest BCUT2D eigenvalue weighted by Gasteiger charge is -2.10. The van der Waals surface area contributed by atoms with Gasteiger partial charge in [-0.3, -0.25) is 9.78 Å². The van der Waals surface area contributed by atoms with E-state index in [9.17, 15) is 9.59 Å². The van der Waals surface area contributed by atoms with Crippen LogP contribution < -0.4 is 16.6 Å². The average Bonchev–Trinajstić information content (AvgIpc) is 3.01. The summed E-state index contributed by atoms with van der Waals surface area (Å²) in [5, 5.41) is 12.9. The first-order valence-corrected chi connectivity index (χ1v) is 6.25. The van der Waals surface area contributed by atoms with E-state index in [1.54, 1.807) is 10.9 Å². The first kappa shape index (κ1) is 12.9. The molecular formula is C13H12N6O2. The molecule has 0 spiro atoms. The van der Waals surface area contributed by atoms with Crippen molar-refractivity contribution in [1.29, 1.82) is 0 Å². The number of aromatic nitrogens is 5. The maximum Gasteiger partial charge on any atom is 0.342 e. The third-order valence-electron chi connectivity index (χ3n) is 2.90. The second-order valence-electron chi connectivity index (χ2n) is 4.29. The molecule has 3 aromatic rings. The number of nitrogens with one attached hydrogen (secondary N) is 3. The number of hydrogen-bond donors (Lipinski definition) is 3. The van der Waals surface area contributed by atoms with Crippen LogP contribution in [0.15, 0.2) is 52.3 Å². The predicted molar refractivity (Wildman–Crippen MR) is 76.4 cm³/mol. The maximum absolute atomic E-state index is 11.6. The lowest BCUT2D eigenvalue weighted by molar-refractivity contribution is 0.855. The van der Waals surface area contributed by atoms with Crippen molar-refractivity contribution < 1.29 is 0 Å². The van der Waals surface area contributed by atoms with Gasteiger partial charge in [0.1, 0.15) is 0 Å². The van der Waals surface area contributed by atoms with E-state index in [2.05, 4.69) is 25.6 Å². The number of hydrogen-bond acceptors (Lipinski definition) is 5. The predicted octanol–water partition coefficient (Wildman–Crippen LogP) is 0.256. The van der Waals surface area contributed by atoms with Crippen LogP contribution in [0.4, 0.5) is 5.82 Å². The summed E-state index contributed by atoms with van der Waals surface area (Å²) >= 11 is 0. The van der Waals surface area contributed by atoms with Gasteiger partial charge in [0.25, 0.3) is 5.56 Å². The van der Waals surface area contributed by atoms with Gasteiger partial charge >= 0.3 is 5.69 Å². The van der Waals surface area contributed by atoms with Gasteiger partial charge in [0, 0.05) is 18.9 Å². The Morgan fingerprint density at radius 1 is 1.19 bits per heavy atom. The van der Waals surface area contributed by atoms with Crippen molar-refractivity contribution in [2.45, 2.75) is 6.54 Å². The third-order valence-corrected chi connectivity index (χ3v) is 2.90. The van der Waals surface area contributed by atoms with Crippen LogP contribution in [0.1, 0.15) is 5.56 Å². The normalized spacial score (nSPS) is 10.5. The molecule has 0 aliphatic rings. The maximum atomic E-state index is 11.6. The van der Waals surface area contributed by atoms with E-state index in [0.29, 0.717) is 6.54 Å². The highest BCUT2D eigenvalue weighted by atomic mass is 16.2. The number of para-hydroxylation sites is 1. The minimum atomic E-state index is -0.637. The van der Waals surface area contributed by atoms with Gasteiger partial charge < -0.3 is 5.32 Å². The van der Waals surface area contributed by atoms with Crippen LogP contribution in [0.5, 0.6) is 0 Å². The Kier molecular flexibility index (Phi) is 3.34. The zero-order valence-electron chi connectivity index (χ0n) is 10.9. The highest BCUT2D eigenvalue weighted by molar-refractivity contribution is 5.43. The molecule has 0 bridgehead atoms. The molecule has 0 radical (unpaired) electrons. The molecule has 0 amide bonds. The van der Waals surface area contributed by atoms with Gasteiger partial charge in [-0.25, -0.2) is 14.6 Å². The van der Waals surface area contributed by atoms with Gasteiger partial charge in [-0.15, -0.1) is 5.10 Å². The average molecular weight is 284 g/mol. The zero-order chi connectivity index (χ0) is 14.7. The molecule has 106 valence electrons. The fourth-order valence-corrected chi connectivity index (χ4v) is 1.94. The van der Waals surface area contributed by atoms with E-state index in [0.717, 1.165) is 11.3 Å². The van der Waals surface area contributed by atoms with Crippen LogP contribution in [-0.4, -0.2) is 25.0 Å². The van der Waals surface area contributed by atoms with Crippen LogP contribution in [0, 0.1) is 0 Å². The molecule has 1 aromatic carbocycles.